The van der Waals surface area contributed by atoms with Gasteiger partial charge in [-0.2, -0.15) is 0 Å². The van der Waals surface area contributed by atoms with Crippen LogP contribution in [0.3, 0.4) is 0 Å². The molecule has 0 amide bonds. The summed E-state index contributed by atoms with van der Waals surface area (Å²) in [4.78, 5) is 10.9. The molecular formula is C24H36O3. The maximum Gasteiger partial charge on any atom is 0.327 e. The van der Waals surface area contributed by atoms with Crippen molar-refractivity contribution >= 4 is 5.97 Å². The highest BCUT2D eigenvalue weighted by atomic mass is 16.4. The molecule has 0 heterocycles. The van der Waals surface area contributed by atoms with E-state index in [1.54, 1.807) is 0 Å². The van der Waals surface area contributed by atoms with Gasteiger partial charge >= 0.3 is 5.97 Å². The smallest absolute Gasteiger partial charge is 0.327 e. The molecule has 0 aromatic carbocycles. The fraction of sp³-hybridized carbons (Fsp3) is 0.792. The summed E-state index contributed by atoms with van der Waals surface area (Å²) in [5.74, 6) is 2.39. The van der Waals surface area contributed by atoms with Crippen LogP contribution in [0.5, 0.6) is 0 Å². The molecule has 0 aliphatic heterocycles. The number of rotatable bonds is 3. The molecule has 0 saturated heterocycles. The Bertz CT molecular complexity index is 665. The van der Waals surface area contributed by atoms with Gasteiger partial charge in [-0.3, -0.25) is 0 Å². The maximum atomic E-state index is 10.9. The van der Waals surface area contributed by atoms with Crippen molar-refractivity contribution in [2.75, 3.05) is 0 Å². The number of hydrogen-bond acceptors (Lipinski definition) is 2. The van der Waals surface area contributed by atoms with Crippen LogP contribution in [0.15, 0.2) is 23.8 Å². The lowest BCUT2D eigenvalue weighted by atomic mass is 9.44. The number of carboxylic acids is 1. The number of aliphatic hydroxyl groups is 1. The van der Waals surface area contributed by atoms with Crippen LogP contribution >= 0.6 is 0 Å². The normalized spacial score (nSPS) is 47.7. The number of hydrogen-bond donors (Lipinski definition) is 2. The van der Waals surface area contributed by atoms with Crippen molar-refractivity contribution in [3.8, 4) is 0 Å². The van der Waals surface area contributed by atoms with E-state index in [0.29, 0.717) is 11.3 Å². The van der Waals surface area contributed by atoms with E-state index >= 15 is 0 Å². The molecule has 0 spiro atoms. The van der Waals surface area contributed by atoms with Crippen LogP contribution in [0.1, 0.15) is 72.1 Å². The van der Waals surface area contributed by atoms with E-state index in [-0.39, 0.29) is 17.4 Å². The maximum absolute atomic E-state index is 10.9. The van der Waals surface area contributed by atoms with Gasteiger partial charge < -0.3 is 10.2 Å². The number of carbonyl (C=O) groups is 1. The predicted octanol–water partition coefficient (Wildman–Crippen LogP) is 5.20. The topological polar surface area (TPSA) is 57.5 Å². The van der Waals surface area contributed by atoms with Gasteiger partial charge in [-0.05, 0) is 91.8 Å². The van der Waals surface area contributed by atoms with Gasteiger partial charge in [0.15, 0.2) is 0 Å². The summed E-state index contributed by atoms with van der Waals surface area (Å²) in [6, 6.07) is 0. The van der Waals surface area contributed by atoms with E-state index < -0.39 is 5.97 Å². The van der Waals surface area contributed by atoms with Crippen LogP contribution in [0.2, 0.25) is 0 Å². The number of fused-ring (bicyclic) bond motifs is 5. The second-order valence-electron chi connectivity index (χ2n) is 10.4. The fourth-order valence-corrected chi connectivity index (χ4v) is 7.87. The molecule has 150 valence electrons. The molecule has 3 nitrogen and oxygen atoms in total. The van der Waals surface area contributed by atoms with Crippen molar-refractivity contribution in [1.29, 1.82) is 0 Å². The molecule has 0 aromatic heterocycles. The molecule has 27 heavy (non-hydrogen) atoms. The first-order valence-electron chi connectivity index (χ1n) is 11.1. The molecular weight excluding hydrogens is 336 g/mol. The van der Waals surface area contributed by atoms with Gasteiger partial charge in [0.25, 0.3) is 0 Å². The SMILES string of the molecule is C[C@H](/C=C/C(=O)O)C1=CC[C@H]2[C@@H]3CC[C@H]4C[C@@H](O)CC[C@]4(C)[C@H]3CC[C@]12C. The van der Waals surface area contributed by atoms with Crippen LogP contribution in [-0.4, -0.2) is 22.3 Å². The Hall–Kier alpha value is -1.09. The summed E-state index contributed by atoms with van der Waals surface area (Å²) in [6.07, 6.45) is 15.1. The minimum Gasteiger partial charge on any atom is -0.478 e. The van der Waals surface area contributed by atoms with Gasteiger partial charge in [-0.1, -0.05) is 38.5 Å². The summed E-state index contributed by atoms with van der Waals surface area (Å²) < 4.78 is 0. The fourth-order valence-electron chi connectivity index (χ4n) is 7.87. The van der Waals surface area contributed by atoms with E-state index in [4.69, 9.17) is 5.11 Å². The number of aliphatic hydroxyl groups excluding tert-OH is 1. The minimum atomic E-state index is -0.850. The quantitative estimate of drug-likeness (QED) is 0.528. The third-order valence-corrected chi connectivity index (χ3v) is 9.30. The van der Waals surface area contributed by atoms with Crippen LogP contribution in [0.25, 0.3) is 0 Å². The van der Waals surface area contributed by atoms with E-state index in [1.807, 2.05) is 6.08 Å². The molecule has 4 aliphatic rings. The van der Waals surface area contributed by atoms with Crippen molar-refractivity contribution in [3.05, 3.63) is 23.8 Å². The zero-order chi connectivity index (χ0) is 19.4. The Kier molecular flexibility index (Phi) is 4.81. The lowest BCUT2D eigenvalue weighted by Crippen LogP contribution is -2.53. The predicted molar refractivity (Wildman–Crippen MR) is 107 cm³/mol. The number of carboxylic acid groups (broad SMARTS) is 1. The summed E-state index contributed by atoms with van der Waals surface area (Å²) in [5, 5.41) is 19.2. The first-order chi connectivity index (χ1) is 12.8. The monoisotopic (exact) mass is 372 g/mol. The molecule has 4 aliphatic carbocycles. The summed E-state index contributed by atoms with van der Waals surface area (Å²) in [6.45, 7) is 7.15. The second-order valence-corrected chi connectivity index (χ2v) is 10.4. The molecule has 0 aromatic rings. The van der Waals surface area contributed by atoms with Crippen molar-refractivity contribution < 1.29 is 15.0 Å². The molecule has 0 radical (unpaired) electrons. The molecule has 3 saturated carbocycles. The third kappa shape index (κ3) is 3.01. The average molecular weight is 373 g/mol. The van der Waals surface area contributed by atoms with Crippen molar-refractivity contribution in [1.82, 2.24) is 0 Å². The van der Waals surface area contributed by atoms with Crippen molar-refractivity contribution in [2.45, 2.75) is 78.2 Å². The van der Waals surface area contributed by atoms with E-state index in [2.05, 4.69) is 26.8 Å². The highest BCUT2D eigenvalue weighted by Gasteiger charge is 2.58. The largest absolute Gasteiger partial charge is 0.478 e. The van der Waals surface area contributed by atoms with Crippen LogP contribution < -0.4 is 0 Å². The van der Waals surface area contributed by atoms with E-state index in [9.17, 15) is 9.90 Å². The van der Waals surface area contributed by atoms with E-state index in [1.165, 1.54) is 50.2 Å². The Morgan fingerprint density at radius 3 is 2.70 bits per heavy atom. The third-order valence-electron chi connectivity index (χ3n) is 9.30. The van der Waals surface area contributed by atoms with Gasteiger partial charge in [-0.15, -0.1) is 0 Å². The molecule has 8 atom stereocenters. The van der Waals surface area contributed by atoms with Gasteiger partial charge in [0.05, 0.1) is 6.10 Å². The van der Waals surface area contributed by atoms with Crippen molar-refractivity contribution in [2.24, 2.45) is 40.4 Å². The lowest BCUT2D eigenvalue weighted by Gasteiger charge is -2.61. The second kappa shape index (κ2) is 6.76. The standard InChI is InChI=1S/C24H36O3/c1-15(4-9-22(26)27)19-7-8-20-18-6-5-16-14-17(25)10-12-23(16,2)21(18)11-13-24(19,20)3/h4,7,9,15-18,20-21,25H,5-6,8,10-14H2,1-3H3,(H,26,27)/b9-4+/t15-,16+,17+,18+,20+,21+,23+,24-/m1/s1. The zero-order valence-corrected chi connectivity index (χ0v) is 17.2. The van der Waals surface area contributed by atoms with Gasteiger partial charge in [0.2, 0.25) is 0 Å². The lowest BCUT2D eigenvalue weighted by molar-refractivity contribution is -0.131. The molecule has 3 heteroatoms. The molecule has 0 unspecified atom stereocenters. The minimum absolute atomic E-state index is 0.0740. The molecule has 3 fully saturated rings. The Balaban J connectivity index is 1.55. The van der Waals surface area contributed by atoms with Gasteiger partial charge in [0.1, 0.15) is 0 Å². The van der Waals surface area contributed by atoms with Gasteiger partial charge in [-0.25, -0.2) is 4.79 Å². The van der Waals surface area contributed by atoms with Gasteiger partial charge in [0, 0.05) is 6.08 Å². The van der Waals surface area contributed by atoms with Crippen LogP contribution in [0.4, 0.5) is 0 Å². The molecule has 0 bridgehead atoms. The zero-order valence-electron chi connectivity index (χ0n) is 17.2. The summed E-state index contributed by atoms with van der Waals surface area (Å²) >= 11 is 0. The van der Waals surface area contributed by atoms with E-state index in [0.717, 1.165) is 30.6 Å². The Morgan fingerprint density at radius 1 is 1.19 bits per heavy atom. The summed E-state index contributed by atoms with van der Waals surface area (Å²) in [5.41, 5.74) is 2.14. The first-order valence-corrected chi connectivity index (χ1v) is 11.1. The Labute approximate surface area is 163 Å². The molecule has 2 N–H and O–H groups in total. The molecule has 4 rings (SSSR count). The van der Waals surface area contributed by atoms with Crippen molar-refractivity contribution in [3.63, 3.8) is 0 Å². The first kappa shape index (κ1) is 19.2. The van der Waals surface area contributed by atoms with Crippen LogP contribution in [0, 0.1) is 40.4 Å². The number of aliphatic carboxylic acids is 1. The highest BCUT2D eigenvalue weighted by molar-refractivity contribution is 5.79. The summed E-state index contributed by atoms with van der Waals surface area (Å²) in [7, 11) is 0. The number of allylic oxidation sites excluding steroid dienone is 3. The van der Waals surface area contributed by atoms with Crippen LogP contribution in [-0.2, 0) is 4.79 Å². The average Bonchev–Trinajstić information content (AvgIpc) is 2.97. The Morgan fingerprint density at radius 2 is 1.96 bits per heavy atom. The highest BCUT2D eigenvalue weighted by Crippen LogP contribution is 2.66.